The molecule has 0 aromatic heterocycles. The molecule has 3 atom stereocenters. The second kappa shape index (κ2) is 5.45. The van der Waals surface area contributed by atoms with Crippen LogP contribution in [0.4, 0.5) is 0 Å². The zero-order valence-corrected chi connectivity index (χ0v) is 12.4. The number of nitrogens with zero attached hydrogens (tertiary/aromatic N) is 2. The van der Waals surface area contributed by atoms with E-state index < -0.39 is 10.2 Å². The molecule has 0 saturated carbocycles. The van der Waals surface area contributed by atoms with Crippen LogP contribution in [-0.4, -0.2) is 56.3 Å². The lowest BCUT2D eigenvalue weighted by Gasteiger charge is -2.28. The molecular formula is C12H25N3O2S. The van der Waals surface area contributed by atoms with E-state index in [2.05, 4.69) is 12.2 Å². The van der Waals surface area contributed by atoms with E-state index in [0.29, 0.717) is 24.9 Å². The van der Waals surface area contributed by atoms with Gasteiger partial charge in [0.25, 0.3) is 10.2 Å². The minimum atomic E-state index is -3.26. The Labute approximate surface area is 111 Å². The number of hydrogen-bond donors (Lipinski definition) is 1. The van der Waals surface area contributed by atoms with E-state index in [9.17, 15) is 8.42 Å². The van der Waals surface area contributed by atoms with Crippen molar-refractivity contribution in [1.29, 1.82) is 0 Å². The SMILES string of the molecule is CCCCN(C)S(=O)(=O)N1CC2CNCC2C1C. The highest BCUT2D eigenvalue weighted by Crippen LogP contribution is 2.34. The fourth-order valence-corrected chi connectivity index (χ4v) is 4.78. The van der Waals surface area contributed by atoms with E-state index in [1.54, 1.807) is 11.4 Å². The molecule has 6 heteroatoms. The molecule has 3 unspecified atom stereocenters. The predicted molar refractivity (Wildman–Crippen MR) is 72.5 cm³/mol. The molecule has 106 valence electrons. The minimum Gasteiger partial charge on any atom is -0.316 e. The molecule has 0 bridgehead atoms. The molecule has 2 aliphatic heterocycles. The Bertz CT molecular complexity index is 385. The van der Waals surface area contributed by atoms with Crippen molar-refractivity contribution in [2.75, 3.05) is 33.2 Å². The monoisotopic (exact) mass is 275 g/mol. The van der Waals surface area contributed by atoms with Crippen molar-refractivity contribution < 1.29 is 8.42 Å². The third kappa shape index (κ3) is 2.43. The van der Waals surface area contributed by atoms with Gasteiger partial charge in [0, 0.05) is 26.2 Å². The summed E-state index contributed by atoms with van der Waals surface area (Å²) in [5, 5.41) is 3.36. The number of unbranched alkanes of at least 4 members (excludes halogenated alkanes) is 1. The van der Waals surface area contributed by atoms with Crippen LogP contribution in [0, 0.1) is 11.8 Å². The molecule has 0 aliphatic carbocycles. The van der Waals surface area contributed by atoms with E-state index in [-0.39, 0.29) is 6.04 Å². The molecule has 2 fully saturated rings. The van der Waals surface area contributed by atoms with E-state index in [4.69, 9.17) is 0 Å². The van der Waals surface area contributed by atoms with Crippen molar-refractivity contribution in [3.8, 4) is 0 Å². The fourth-order valence-electron chi connectivity index (χ4n) is 3.11. The van der Waals surface area contributed by atoms with Crippen LogP contribution >= 0.6 is 0 Å². The Kier molecular flexibility index (Phi) is 4.31. The standard InChI is InChI=1S/C12H25N3O2S/c1-4-5-6-14(3)18(16,17)15-9-11-7-13-8-12(11)10(15)2/h10-13H,4-9H2,1-3H3. The van der Waals surface area contributed by atoms with E-state index in [1.807, 2.05) is 6.92 Å². The molecule has 0 aromatic carbocycles. The molecule has 2 saturated heterocycles. The summed E-state index contributed by atoms with van der Waals surface area (Å²) in [4.78, 5) is 0. The van der Waals surface area contributed by atoms with Crippen LogP contribution in [0.1, 0.15) is 26.7 Å². The Morgan fingerprint density at radius 3 is 2.72 bits per heavy atom. The van der Waals surface area contributed by atoms with Gasteiger partial charge in [-0.05, 0) is 38.3 Å². The second-order valence-corrected chi connectivity index (χ2v) is 7.56. The highest BCUT2D eigenvalue weighted by Gasteiger charge is 2.47. The molecule has 18 heavy (non-hydrogen) atoms. The van der Waals surface area contributed by atoms with Gasteiger partial charge in [0.1, 0.15) is 0 Å². The predicted octanol–water partition coefficient (Wildman–Crippen LogP) is 0.503. The van der Waals surface area contributed by atoms with Crippen LogP contribution in [-0.2, 0) is 10.2 Å². The first-order chi connectivity index (χ1) is 8.48. The van der Waals surface area contributed by atoms with Crippen LogP contribution in [0.15, 0.2) is 0 Å². The zero-order chi connectivity index (χ0) is 13.3. The summed E-state index contributed by atoms with van der Waals surface area (Å²) >= 11 is 0. The van der Waals surface area contributed by atoms with Gasteiger partial charge in [-0.25, -0.2) is 0 Å². The molecule has 0 spiro atoms. The van der Waals surface area contributed by atoms with Gasteiger partial charge in [0.05, 0.1) is 0 Å². The van der Waals surface area contributed by atoms with Gasteiger partial charge in [-0.2, -0.15) is 17.0 Å². The van der Waals surface area contributed by atoms with Gasteiger partial charge >= 0.3 is 0 Å². The normalized spacial score (nSPS) is 33.2. The molecule has 5 nitrogen and oxygen atoms in total. The summed E-state index contributed by atoms with van der Waals surface area (Å²) in [5.41, 5.74) is 0. The van der Waals surface area contributed by atoms with E-state index in [0.717, 1.165) is 25.9 Å². The molecule has 2 aliphatic rings. The third-order valence-corrected chi connectivity index (χ3v) is 6.44. The molecule has 0 aromatic rings. The van der Waals surface area contributed by atoms with Gasteiger partial charge in [0.15, 0.2) is 0 Å². The summed E-state index contributed by atoms with van der Waals surface area (Å²) < 4.78 is 28.2. The molecule has 1 N–H and O–H groups in total. The quantitative estimate of drug-likeness (QED) is 0.795. The van der Waals surface area contributed by atoms with Crippen LogP contribution in [0.25, 0.3) is 0 Å². The van der Waals surface area contributed by atoms with Crippen LogP contribution in [0.3, 0.4) is 0 Å². The van der Waals surface area contributed by atoms with Gasteiger partial charge < -0.3 is 5.32 Å². The summed E-state index contributed by atoms with van der Waals surface area (Å²) in [6.07, 6.45) is 1.94. The fraction of sp³-hybridized carbons (Fsp3) is 1.00. The van der Waals surface area contributed by atoms with E-state index in [1.165, 1.54) is 4.31 Å². The zero-order valence-electron chi connectivity index (χ0n) is 11.6. The molecule has 0 radical (unpaired) electrons. The Balaban J connectivity index is 2.06. The summed E-state index contributed by atoms with van der Waals surface area (Å²) in [7, 11) is -1.56. The van der Waals surface area contributed by atoms with E-state index >= 15 is 0 Å². The average Bonchev–Trinajstić information content (AvgIpc) is 2.89. The number of nitrogens with one attached hydrogen (secondary N) is 1. The molecule has 0 amide bonds. The first-order valence-electron chi connectivity index (χ1n) is 6.92. The highest BCUT2D eigenvalue weighted by molar-refractivity contribution is 7.86. The first-order valence-corrected chi connectivity index (χ1v) is 8.32. The lowest BCUT2D eigenvalue weighted by atomic mass is 9.95. The molecular weight excluding hydrogens is 250 g/mol. The van der Waals surface area contributed by atoms with Crippen molar-refractivity contribution in [3.63, 3.8) is 0 Å². The summed E-state index contributed by atoms with van der Waals surface area (Å²) in [5.74, 6) is 0.980. The topological polar surface area (TPSA) is 52.7 Å². The maximum atomic E-state index is 12.5. The maximum absolute atomic E-state index is 12.5. The van der Waals surface area contributed by atoms with Crippen LogP contribution < -0.4 is 5.32 Å². The smallest absolute Gasteiger partial charge is 0.281 e. The van der Waals surface area contributed by atoms with Crippen molar-refractivity contribution in [3.05, 3.63) is 0 Å². The Hall–Kier alpha value is -0.170. The van der Waals surface area contributed by atoms with Gasteiger partial charge in [-0.1, -0.05) is 13.3 Å². The Morgan fingerprint density at radius 1 is 1.39 bits per heavy atom. The van der Waals surface area contributed by atoms with Crippen LogP contribution in [0.5, 0.6) is 0 Å². The van der Waals surface area contributed by atoms with Crippen molar-refractivity contribution in [2.45, 2.75) is 32.7 Å². The molecule has 2 rings (SSSR count). The summed E-state index contributed by atoms with van der Waals surface area (Å²) in [6.45, 7) is 7.33. The lowest BCUT2D eigenvalue weighted by molar-refractivity contribution is 0.325. The third-order valence-electron chi connectivity index (χ3n) is 4.40. The largest absolute Gasteiger partial charge is 0.316 e. The van der Waals surface area contributed by atoms with Crippen molar-refractivity contribution in [2.24, 2.45) is 11.8 Å². The van der Waals surface area contributed by atoms with Gasteiger partial charge in [-0.3, -0.25) is 0 Å². The number of hydrogen-bond acceptors (Lipinski definition) is 3. The van der Waals surface area contributed by atoms with Gasteiger partial charge in [-0.15, -0.1) is 0 Å². The molecule has 2 heterocycles. The highest BCUT2D eigenvalue weighted by atomic mass is 32.2. The summed E-state index contributed by atoms with van der Waals surface area (Å²) in [6, 6.07) is 0.124. The Morgan fingerprint density at radius 2 is 2.11 bits per heavy atom. The lowest BCUT2D eigenvalue weighted by Crippen LogP contribution is -2.45. The van der Waals surface area contributed by atoms with Crippen molar-refractivity contribution >= 4 is 10.2 Å². The van der Waals surface area contributed by atoms with Crippen molar-refractivity contribution in [1.82, 2.24) is 13.9 Å². The second-order valence-electron chi connectivity index (χ2n) is 5.58. The number of fused-ring (bicyclic) bond motifs is 1. The number of rotatable bonds is 5. The minimum absolute atomic E-state index is 0.124. The van der Waals surface area contributed by atoms with Gasteiger partial charge in [0.2, 0.25) is 0 Å². The first kappa shape index (κ1) is 14.2. The average molecular weight is 275 g/mol. The maximum Gasteiger partial charge on any atom is 0.281 e. The van der Waals surface area contributed by atoms with Crippen LogP contribution in [0.2, 0.25) is 0 Å².